The molecular formula is C10H14IN. The molecule has 1 aromatic carbocycles. The van der Waals surface area contributed by atoms with E-state index < -0.39 is 0 Å². The van der Waals surface area contributed by atoms with Gasteiger partial charge in [0.05, 0.1) is 0 Å². The molecule has 0 radical (unpaired) electrons. The van der Waals surface area contributed by atoms with Crippen LogP contribution in [0.3, 0.4) is 0 Å². The molecule has 0 heterocycles. The van der Waals surface area contributed by atoms with Crippen LogP contribution in [0, 0.1) is 3.57 Å². The summed E-state index contributed by atoms with van der Waals surface area (Å²) in [7, 11) is 0. The third-order valence-electron chi connectivity index (χ3n) is 2.12. The first-order valence-corrected chi connectivity index (χ1v) is 5.10. The van der Waals surface area contributed by atoms with Gasteiger partial charge in [-0.3, -0.25) is 0 Å². The molecule has 0 aromatic heterocycles. The van der Waals surface area contributed by atoms with Crippen LogP contribution in [0.4, 0.5) is 0 Å². The summed E-state index contributed by atoms with van der Waals surface area (Å²) in [5, 5.41) is 0. The predicted molar refractivity (Wildman–Crippen MR) is 61.2 cm³/mol. The van der Waals surface area contributed by atoms with Gasteiger partial charge in [0.2, 0.25) is 0 Å². The average Bonchev–Trinajstić information content (AvgIpc) is 2.05. The van der Waals surface area contributed by atoms with Crippen LogP contribution in [0.5, 0.6) is 0 Å². The molecule has 66 valence electrons. The van der Waals surface area contributed by atoms with Crippen LogP contribution in [-0.2, 0) is 5.41 Å². The van der Waals surface area contributed by atoms with E-state index in [4.69, 9.17) is 5.73 Å². The lowest BCUT2D eigenvalue weighted by Crippen LogP contribution is -2.28. The molecule has 1 nitrogen and oxygen atoms in total. The van der Waals surface area contributed by atoms with Crippen molar-refractivity contribution in [1.82, 2.24) is 0 Å². The first-order chi connectivity index (χ1) is 5.56. The molecule has 0 bridgehead atoms. The van der Waals surface area contributed by atoms with Crippen molar-refractivity contribution in [3.8, 4) is 0 Å². The standard InChI is InChI=1S/C10H14IN/c1-10(2,7-12)8-4-3-5-9(11)6-8/h3-6H,7,12H2,1-2H3. The Kier molecular flexibility index (Phi) is 3.12. The van der Waals surface area contributed by atoms with Crippen molar-refractivity contribution in [3.63, 3.8) is 0 Å². The van der Waals surface area contributed by atoms with Crippen molar-refractivity contribution in [1.29, 1.82) is 0 Å². The van der Waals surface area contributed by atoms with Crippen LogP contribution in [-0.4, -0.2) is 6.54 Å². The molecule has 1 rings (SSSR count). The monoisotopic (exact) mass is 275 g/mol. The third kappa shape index (κ3) is 2.20. The maximum absolute atomic E-state index is 5.69. The van der Waals surface area contributed by atoms with E-state index in [0.29, 0.717) is 6.54 Å². The van der Waals surface area contributed by atoms with E-state index in [1.165, 1.54) is 9.13 Å². The minimum Gasteiger partial charge on any atom is -0.330 e. The molecule has 0 fully saturated rings. The summed E-state index contributed by atoms with van der Waals surface area (Å²) in [4.78, 5) is 0. The second-order valence-corrected chi connectivity index (χ2v) is 4.84. The second kappa shape index (κ2) is 3.75. The van der Waals surface area contributed by atoms with E-state index in [-0.39, 0.29) is 5.41 Å². The Bertz CT molecular complexity index is 268. The highest BCUT2D eigenvalue weighted by Crippen LogP contribution is 2.22. The highest BCUT2D eigenvalue weighted by atomic mass is 127. The first kappa shape index (κ1) is 9.99. The smallest absolute Gasteiger partial charge is 0.0133 e. The van der Waals surface area contributed by atoms with Crippen molar-refractivity contribution >= 4 is 22.6 Å². The fourth-order valence-corrected chi connectivity index (χ4v) is 1.57. The summed E-state index contributed by atoms with van der Waals surface area (Å²) in [6.07, 6.45) is 0. The maximum atomic E-state index is 5.69. The van der Waals surface area contributed by atoms with Crippen LogP contribution in [0.1, 0.15) is 19.4 Å². The Morgan fingerprint density at radius 3 is 2.58 bits per heavy atom. The van der Waals surface area contributed by atoms with Crippen LogP contribution >= 0.6 is 22.6 Å². The van der Waals surface area contributed by atoms with Gasteiger partial charge >= 0.3 is 0 Å². The molecule has 12 heavy (non-hydrogen) atoms. The van der Waals surface area contributed by atoms with Crippen molar-refractivity contribution < 1.29 is 0 Å². The van der Waals surface area contributed by atoms with Crippen LogP contribution in [0.25, 0.3) is 0 Å². The molecule has 0 saturated heterocycles. The van der Waals surface area contributed by atoms with Gasteiger partial charge in [0.1, 0.15) is 0 Å². The Balaban J connectivity index is 3.03. The third-order valence-corrected chi connectivity index (χ3v) is 2.79. The van der Waals surface area contributed by atoms with Gasteiger partial charge in [-0.25, -0.2) is 0 Å². The number of hydrogen-bond donors (Lipinski definition) is 1. The molecular weight excluding hydrogens is 261 g/mol. The summed E-state index contributed by atoms with van der Waals surface area (Å²) >= 11 is 2.32. The van der Waals surface area contributed by atoms with Crippen molar-refractivity contribution in [2.24, 2.45) is 5.73 Å². The van der Waals surface area contributed by atoms with Crippen molar-refractivity contribution in [3.05, 3.63) is 33.4 Å². The predicted octanol–water partition coefficient (Wildman–Crippen LogP) is 2.53. The van der Waals surface area contributed by atoms with E-state index in [1.54, 1.807) is 0 Å². The molecule has 0 aliphatic rings. The summed E-state index contributed by atoms with van der Waals surface area (Å²) in [5.74, 6) is 0. The molecule has 0 aliphatic heterocycles. The molecule has 0 atom stereocenters. The summed E-state index contributed by atoms with van der Waals surface area (Å²) in [6.45, 7) is 5.02. The zero-order chi connectivity index (χ0) is 9.19. The van der Waals surface area contributed by atoms with Gasteiger partial charge in [-0.15, -0.1) is 0 Å². The first-order valence-electron chi connectivity index (χ1n) is 4.02. The van der Waals surface area contributed by atoms with E-state index in [9.17, 15) is 0 Å². The van der Waals surface area contributed by atoms with Crippen molar-refractivity contribution in [2.45, 2.75) is 19.3 Å². The number of nitrogens with two attached hydrogens (primary N) is 1. The van der Waals surface area contributed by atoms with Gasteiger partial charge in [-0.05, 0) is 40.3 Å². The van der Waals surface area contributed by atoms with Gasteiger partial charge in [0.15, 0.2) is 0 Å². The molecule has 1 aromatic rings. The zero-order valence-electron chi connectivity index (χ0n) is 7.47. The molecule has 0 spiro atoms. The van der Waals surface area contributed by atoms with E-state index in [1.807, 2.05) is 0 Å². The molecule has 0 unspecified atom stereocenters. The number of hydrogen-bond acceptors (Lipinski definition) is 1. The van der Waals surface area contributed by atoms with E-state index in [0.717, 1.165) is 0 Å². The van der Waals surface area contributed by atoms with E-state index in [2.05, 4.69) is 60.7 Å². The maximum Gasteiger partial charge on any atom is 0.0133 e. The number of halogens is 1. The van der Waals surface area contributed by atoms with Gasteiger partial charge in [-0.1, -0.05) is 26.0 Å². The quantitative estimate of drug-likeness (QED) is 0.825. The summed E-state index contributed by atoms with van der Waals surface area (Å²) < 4.78 is 1.27. The fraction of sp³-hybridized carbons (Fsp3) is 0.400. The Hall–Kier alpha value is -0.0900. The lowest BCUT2D eigenvalue weighted by atomic mass is 9.85. The highest BCUT2D eigenvalue weighted by Gasteiger charge is 2.17. The normalized spacial score (nSPS) is 11.7. The lowest BCUT2D eigenvalue weighted by molar-refractivity contribution is 0.539. The molecule has 2 N–H and O–H groups in total. The number of rotatable bonds is 2. The molecule has 0 saturated carbocycles. The zero-order valence-corrected chi connectivity index (χ0v) is 9.63. The minimum atomic E-state index is 0.0984. The summed E-state index contributed by atoms with van der Waals surface area (Å²) in [5.41, 5.74) is 7.10. The lowest BCUT2D eigenvalue weighted by Gasteiger charge is -2.22. The topological polar surface area (TPSA) is 26.0 Å². The van der Waals surface area contributed by atoms with Gasteiger partial charge in [0.25, 0.3) is 0 Å². The minimum absolute atomic E-state index is 0.0984. The Labute approximate surface area is 87.5 Å². The number of benzene rings is 1. The van der Waals surface area contributed by atoms with Crippen LogP contribution in [0.15, 0.2) is 24.3 Å². The van der Waals surface area contributed by atoms with Gasteiger partial charge < -0.3 is 5.73 Å². The summed E-state index contributed by atoms with van der Waals surface area (Å²) in [6, 6.07) is 8.49. The molecule has 0 amide bonds. The van der Waals surface area contributed by atoms with E-state index >= 15 is 0 Å². The fourth-order valence-electron chi connectivity index (χ4n) is 1.03. The molecule has 2 heteroatoms. The Morgan fingerprint density at radius 1 is 1.42 bits per heavy atom. The molecule has 0 aliphatic carbocycles. The van der Waals surface area contributed by atoms with Gasteiger partial charge in [0, 0.05) is 15.5 Å². The second-order valence-electron chi connectivity index (χ2n) is 3.60. The Morgan fingerprint density at radius 2 is 2.08 bits per heavy atom. The van der Waals surface area contributed by atoms with Crippen LogP contribution < -0.4 is 5.73 Å². The van der Waals surface area contributed by atoms with Crippen molar-refractivity contribution in [2.75, 3.05) is 6.54 Å². The highest BCUT2D eigenvalue weighted by molar-refractivity contribution is 14.1. The van der Waals surface area contributed by atoms with Crippen LogP contribution in [0.2, 0.25) is 0 Å². The largest absolute Gasteiger partial charge is 0.330 e. The SMILES string of the molecule is CC(C)(CN)c1cccc(I)c1. The van der Waals surface area contributed by atoms with Gasteiger partial charge in [-0.2, -0.15) is 0 Å². The average molecular weight is 275 g/mol.